The third kappa shape index (κ3) is 4.88. The Morgan fingerprint density at radius 1 is 1.06 bits per heavy atom. The van der Waals surface area contributed by atoms with Crippen LogP contribution in [-0.2, 0) is 18.4 Å². The molecule has 0 bridgehead atoms. The van der Waals surface area contributed by atoms with E-state index in [2.05, 4.69) is 15.5 Å². The number of nitrogens with zero attached hydrogens (tertiary/aromatic N) is 5. The summed E-state index contributed by atoms with van der Waals surface area (Å²) in [7, 11) is 1.79. The molecule has 2 heterocycles. The number of hydrogen-bond donors (Lipinski definition) is 1. The fourth-order valence-corrected chi connectivity index (χ4v) is 4.63. The topological polar surface area (TPSA) is 96.0 Å². The second kappa shape index (κ2) is 10.6. The normalized spacial score (nSPS) is 11.0. The predicted octanol–water partition coefficient (Wildman–Crippen LogP) is 3.89. The number of ether oxygens (including phenoxy) is 1. The van der Waals surface area contributed by atoms with Crippen LogP contribution in [0.4, 0.5) is 5.69 Å². The molecule has 35 heavy (non-hydrogen) atoms. The first kappa shape index (κ1) is 24.3. The molecule has 0 spiro atoms. The first-order valence-electron chi connectivity index (χ1n) is 11.4. The number of nitrogens with one attached hydrogen (secondary N) is 1. The number of aromatic nitrogens is 5. The number of thioether (sulfide) groups is 1. The van der Waals surface area contributed by atoms with Crippen molar-refractivity contribution in [2.24, 2.45) is 7.05 Å². The molecule has 0 radical (unpaired) electrons. The molecule has 0 aliphatic rings. The van der Waals surface area contributed by atoms with E-state index >= 15 is 0 Å². The molecule has 0 saturated heterocycles. The predicted molar refractivity (Wildman–Crippen MR) is 137 cm³/mol. The van der Waals surface area contributed by atoms with Gasteiger partial charge in [0.2, 0.25) is 5.91 Å². The van der Waals surface area contributed by atoms with Crippen LogP contribution in [0.5, 0.6) is 5.75 Å². The molecule has 4 aromatic rings. The number of carbonyl (C=O) groups is 1. The first-order valence-corrected chi connectivity index (χ1v) is 12.4. The van der Waals surface area contributed by atoms with Crippen molar-refractivity contribution in [1.82, 2.24) is 24.1 Å². The van der Waals surface area contributed by atoms with Crippen molar-refractivity contribution in [1.29, 1.82) is 0 Å². The Hall–Kier alpha value is -3.79. The van der Waals surface area contributed by atoms with Gasteiger partial charge in [-0.2, -0.15) is 0 Å². The maximum Gasteiger partial charge on any atom is 0.295 e. The Bertz CT molecular complexity index is 1390. The van der Waals surface area contributed by atoms with Crippen LogP contribution in [0.1, 0.15) is 19.5 Å². The average molecular weight is 493 g/mol. The second-order valence-electron chi connectivity index (χ2n) is 7.75. The van der Waals surface area contributed by atoms with Crippen molar-refractivity contribution in [3.05, 3.63) is 70.6 Å². The number of hydrogen-bond acceptors (Lipinski definition) is 6. The number of amides is 1. The van der Waals surface area contributed by atoms with Gasteiger partial charge in [-0.05, 0) is 45.0 Å². The lowest BCUT2D eigenvalue weighted by molar-refractivity contribution is -0.113. The van der Waals surface area contributed by atoms with Crippen LogP contribution < -0.4 is 15.6 Å². The Kier molecular flexibility index (Phi) is 7.40. The molecule has 0 atom stereocenters. The molecule has 182 valence electrons. The van der Waals surface area contributed by atoms with E-state index in [1.165, 1.54) is 16.4 Å². The van der Waals surface area contributed by atoms with Gasteiger partial charge in [0, 0.05) is 13.6 Å². The second-order valence-corrected chi connectivity index (χ2v) is 8.70. The van der Waals surface area contributed by atoms with Crippen LogP contribution in [0.25, 0.3) is 17.1 Å². The SMILES string of the molecule is CCOc1ccccc1-c1nnc(SCC(=O)Nc2c(C)n(C)n(-c3ccccc3)c2=O)n1CC. The number of rotatable bonds is 9. The molecule has 1 N–H and O–H groups in total. The van der Waals surface area contributed by atoms with E-state index in [-0.39, 0.29) is 22.9 Å². The minimum absolute atomic E-state index is 0.0877. The van der Waals surface area contributed by atoms with Gasteiger partial charge in [-0.3, -0.25) is 14.3 Å². The molecule has 0 fully saturated rings. The zero-order valence-corrected chi connectivity index (χ0v) is 21.0. The monoisotopic (exact) mass is 492 g/mol. The molecular formula is C25H28N6O3S. The van der Waals surface area contributed by atoms with Crippen molar-refractivity contribution < 1.29 is 9.53 Å². The molecule has 0 aliphatic carbocycles. The maximum absolute atomic E-state index is 13.0. The van der Waals surface area contributed by atoms with E-state index in [9.17, 15) is 9.59 Å². The summed E-state index contributed by atoms with van der Waals surface area (Å²) < 4.78 is 11.0. The van der Waals surface area contributed by atoms with Gasteiger partial charge in [0.1, 0.15) is 11.4 Å². The smallest absolute Gasteiger partial charge is 0.295 e. The number of carbonyl (C=O) groups excluding carboxylic acids is 1. The van der Waals surface area contributed by atoms with E-state index in [1.54, 1.807) is 18.7 Å². The Morgan fingerprint density at radius 3 is 2.49 bits per heavy atom. The van der Waals surface area contributed by atoms with Crippen LogP contribution >= 0.6 is 11.8 Å². The zero-order valence-electron chi connectivity index (χ0n) is 20.2. The molecule has 0 aliphatic heterocycles. The summed E-state index contributed by atoms with van der Waals surface area (Å²) >= 11 is 1.27. The Morgan fingerprint density at radius 2 is 1.77 bits per heavy atom. The summed E-state index contributed by atoms with van der Waals surface area (Å²) in [6.45, 7) is 6.92. The lowest BCUT2D eigenvalue weighted by Crippen LogP contribution is -2.23. The van der Waals surface area contributed by atoms with Crippen molar-refractivity contribution in [3.63, 3.8) is 0 Å². The quantitative estimate of drug-likeness (QED) is 0.356. The highest BCUT2D eigenvalue weighted by atomic mass is 32.2. The summed E-state index contributed by atoms with van der Waals surface area (Å²) in [4.78, 5) is 25.8. The summed E-state index contributed by atoms with van der Waals surface area (Å²) in [6, 6.07) is 17.0. The van der Waals surface area contributed by atoms with Crippen molar-refractivity contribution in [2.45, 2.75) is 32.5 Å². The van der Waals surface area contributed by atoms with E-state index in [0.29, 0.717) is 29.8 Å². The molecule has 9 nitrogen and oxygen atoms in total. The standard InChI is InChI=1S/C25H28N6O3S/c1-5-30-23(19-14-10-11-15-20(19)34-6-2)27-28-25(30)35-16-21(32)26-22-17(3)29(4)31(24(22)33)18-12-8-7-9-13-18/h7-15H,5-6,16H2,1-4H3,(H,26,32). The Labute approximate surface area is 207 Å². The zero-order chi connectivity index (χ0) is 24.9. The fraction of sp³-hybridized carbons (Fsp3) is 0.280. The van der Waals surface area contributed by atoms with Crippen LogP contribution in [-0.4, -0.2) is 42.4 Å². The van der Waals surface area contributed by atoms with E-state index in [4.69, 9.17) is 4.74 Å². The van der Waals surface area contributed by atoms with E-state index < -0.39 is 0 Å². The number of para-hydroxylation sites is 2. The number of anilines is 1. The van der Waals surface area contributed by atoms with Crippen molar-refractivity contribution in [3.8, 4) is 22.8 Å². The van der Waals surface area contributed by atoms with Crippen LogP contribution in [0.2, 0.25) is 0 Å². The largest absolute Gasteiger partial charge is 0.493 e. The van der Waals surface area contributed by atoms with Gasteiger partial charge in [0.15, 0.2) is 11.0 Å². The highest BCUT2D eigenvalue weighted by Crippen LogP contribution is 2.31. The molecule has 0 saturated carbocycles. The highest BCUT2D eigenvalue weighted by Gasteiger charge is 2.20. The molecule has 4 rings (SSSR count). The van der Waals surface area contributed by atoms with Crippen LogP contribution in [0.15, 0.2) is 64.5 Å². The molecule has 2 aromatic carbocycles. The summed E-state index contributed by atoms with van der Waals surface area (Å²) in [5.41, 5.74) is 2.24. The fourth-order valence-electron chi connectivity index (χ4n) is 3.83. The lowest BCUT2D eigenvalue weighted by Gasteiger charge is -2.11. The van der Waals surface area contributed by atoms with Gasteiger partial charge in [-0.15, -0.1) is 10.2 Å². The minimum Gasteiger partial charge on any atom is -0.493 e. The van der Waals surface area contributed by atoms with Crippen LogP contribution in [0.3, 0.4) is 0 Å². The minimum atomic E-state index is -0.289. The average Bonchev–Trinajstić information content (AvgIpc) is 3.37. The van der Waals surface area contributed by atoms with Crippen LogP contribution in [0, 0.1) is 6.92 Å². The molecule has 1 amide bonds. The lowest BCUT2D eigenvalue weighted by atomic mass is 10.2. The van der Waals surface area contributed by atoms with Crippen molar-refractivity contribution in [2.75, 3.05) is 17.7 Å². The summed E-state index contributed by atoms with van der Waals surface area (Å²) in [6.07, 6.45) is 0. The summed E-state index contributed by atoms with van der Waals surface area (Å²) in [5, 5.41) is 12.1. The molecule has 2 aromatic heterocycles. The van der Waals surface area contributed by atoms with Gasteiger partial charge < -0.3 is 14.6 Å². The van der Waals surface area contributed by atoms with Gasteiger partial charge in [-0.25, -0.2) is 4.68 Å². The van der Waals surface area contributed by atoms with Gasteiger partial charge >= 0.3 is 0 Å². The third-order valence-corrected chi connectivity index (χ3v) is 6.58. The van der Waals surface area contributed by atoms with Gasteiger partial charge in [0.25, 0.3) is 5.56 Å². The maximum atomic E-state index is 13.0. The van der Waals surface area contributed by atoms with Gasteiger partial charge in [0.05, 0.1) is 29.3 Å². The highest BCUT2D eigenvalue weighted by molar-refractivity contribution is 7.99. The van der Waals surface area contributed by atoms with Gasteiger partial charge in [-0.1, -0.05) is 42.1 Å². The summed E-state index contributed by atoms with van der Waals surface area (Å²) in [5.74, 6) is 1.22. The third-order valence-electron chi connectivity index (χ3n) is 5.61. The molecule has 0 unspecified atom stereocenters. The first-order chi connectivity index (χ1) is 17.0. The van der Waals surface area contributed by atoms with E-state index in [1.807, 2.05) is 73.0 Å². The molecule has 10 heteroatoms. The Balaban J connectivity index is 1.51. The number of benzene rings is 2. The molecular weight excluding hydrogens is 464 g/mol. The van der Waals surface area contributed by atoms with E-state index in [0.717, 1.165) is 17.0 Å². The van der Waals surface area contributed by atoms with Crippen molar-refractivity contribution >= 4 is 23.4 Å².